The normalized spacial score (nSPS) is 11.7. The van der Waals surface area contributed by atoms with E-state index in [2.05, 4.69) is 15.8 Å². The van der Waals surface area contributed by atoms with Gasteiger partial charge in [0, 0.05) is 12.1 Å². The highest BCUT2D eigenvalue weighted by molar-refractivity contribution is 6.32. The number of aryl methyl sites for hydroxylation is 1. The number of carbonyl (C=O) groups excluding carboxylic acids is 1. The average molecular weight is 340 g/mol. The zero-order chi connectivity index (χ0) is 17.0. The Hall–Kier alpha value is -2.41. The average Bonchev–Trinajstić information content (AvgIpc) is 2.92. The van der Waals surface area contributed by atoms with Crippen molar-refractivity contribution in [3.05, 3.63) is 29.0 Å². The molecule has 124 valence electrons. The summed E-state index contributed by atoms with van der Waals surface area (Å²) in [6, 6.07) is 4.37. The van der Waals surface area contributed by atoms with Crippen LogP contribution in [0.3, 0.4) is 0 Å². The fraction of sp³-hybridized carbons (Fsp3) is 0.333. The highest BCUT2D eigenvalue weighted by Gasteiger charge is 2.18. The van der Waals surface area contributed by atoms with Crippen LogP contribution in [0.1, 0.15) is 12.7 Å². The number of methoxy groups -OCH3 is 2. The number of halogens is 1. The summed E-state index contributed by atoms with van der Waals surface area (Å²) in [5.74, 6) is 1.71. The van der Waals surface area contributed by atoms with Gasteiger partial charge < -0.3 is 24.6 Å². The largest absolute Gasteiger partial charge is 0.495 e. The van der Waals surface area contributed by atoms with Crippen LogP contribution in [-0.4, -0.2) is 31.3 Å². The molecule has 0 saturated carbocycles. The standard InChI is InChI=1S/C15H18ClN3O4/c1-8-5-14(19-23-8)18-15(20)9(2)17-11-6-10(16)12(21-3)7-13(11)22-4/h5-7,9,17H,1-4H3,(H,18,19,20)/t9-/m0/s1. The molecule has 0 spiro atoms. The molecule has 1 heterocycles. The molecule has 0 saturated heterocycles. The van der Waals surface area contributed by atoms with Crippen LogP contribution < -0.4 is 20.1 Å². The lowest BCUT2D eigenvalue weighted by molar-refractivity contribution is -0.116. The van der Waals surface area contributed by atoms with Gasteiger partial charge in [-0.1, -0.05) is 16.8 Å². The summed E-state index contributed by atoms with van der Waals surface area (Å²) in [6.07, 6.45) is 0. The van der Waals surface area contributed by atoms with Crippen molar-refractivity contribution in [3.63, 3.8) is 0 Å². The van der Waals surface area contributed by atoms with E-state index in [1.165, 1.54) is 14.2 Å². The number of aromatic nitrogens is 1. The number of anilines is 2. The SMILES string of the molecule is COc1cc(OC)c(N[C@@H](C)C(=O)Nc2cc(C)on2)cc1Cl. The third kappa shape index (κ3) is 4.07. The molecule has 0 aliphatic heterocycles. The van der Waals surface area contributed by atoms with Crippen LogP contribution in [-0.2, 0) is 4.79 Å². The second-order valence-corrected chi connectivity index (χ2v) is 5.27. The van der Waals surface area contributed by atoms with E-state index in [4.69, 9.17) is 25.6 Å². The van der Waals surface area contributed by atoms with Crippen LogP contribution in [0, 0.1) is 6.92 Å². The van der Waals surface area contributed by atoms with Gasteiger partial charge in [-0.3, -0.25) is 4.79 Å². The summed E-state index contributed by atoms with van der Waals surface area (Å²) >= 11 is 6.11. The lowest BCUT2D eigenvalue weighted by Crippen LogP contribution is -2.32. The maximum Gasteiger partial charge on any atom is 0.247 e. The molecule has 0 aliphatic carbocycles. The molecule has 0 unspecified atom stereocenters. The summed E-state index contributed by atoms with van der Waals surface area (Å²) in [5, 5.41) is 9.83. The number of hydrogen-bond donors (Lipinski definition) is 2. The molecule has 1 atom stereocenters. The summed E-state index contributed by atoms with van der Waals surface area (Å²) in [7, 11) is 3.04. The Morgan fingerprint density at radius 2 is 1.96 bits per heavy atom. The van der Waals surface area contributed by atoms with E-state index in [1.54, 1.807) is 32.0 Å². The van der Waals surface area contributed by atoms with Gasteiger partial charge in [-0.25, -0.2) is 0 Å². The molecule has 0 aliphatic rings. The number of benzene rings is 1. The van der Waals surface area contributed by atoms with Gasteiger partial charge in [-0.2, -0.15) is 0 Å². The number of nitrogens with one attached hydrogen (secondary N) is 2. The molecule has 23 heavy (non-hydrogen) atoms. The Balaban J connectivity index is 2.11. The minimum Gasteiger partial charge on any atom is -0.495 e. The lowest BCUT2D eigenvalue weighted by Gasteiger charge is -2.18. The van der Waals surface area contributed by atoms with Gasteiger partial charge in [-0.15, -0.1) is 0 Å². The van der Waals surface area contributed by atoms with E-state index in [-0.39, 0.29) is 5.91 Å². The fourth-order valence-electron chi connectivity index (χ4n) is 1.93. The molecule has 1 aromatic heterocycles. The highest BCUT2D eigenvalue weighted by atomic mass is 35.5. The van der Waals surface area contributed by atoms with Crippen LogP contribution in [0.4, 0.5) is 11.5 Å². The Labute approximate surface area is 138 Å². The first kappa shape index (κ1) is 17.0. The molecule has 2 N–H and O–H groups in total. The van der Waals surface area contributed by atoms with Crippen molar-refractivity contribution < 1.29 is 18.8 Å². The number of ether oxygens (including phenoxy) is 2. The number of hydrogen-bond acceptors (Lipinski definition) is 6. The minimum absolute atomic E-state index is 0.271. The second-order valence-electron chi connectivity index (χ2n) is 4.87. The van der Waals surface area contributed by atoms with Gasteiger partial charge in [0.05, 0.1) is 24.9 Å². The minimum atomic E-state index is -0.551. The van der Waals surface area contributed by atoms with E-state index in [9.17, 15) is 4.79 Å². The highest BCUT2D eigenvalue weighted by Crippen LogP contribution is 2.36. The van der Waals surface area contributed by atoms with Gasteiger partial charge in [0.25, 0.3) is 0 Å². The molecule has 7 nitrogen and oxygen atoms in total. The Bertz CT molecular complexity index is 702. The Morgan fingerprint density at radius 3 is 2.52 bits per heavy atom. The molecule has 0 bridgehead atoms. The quantitative estimate of drug-likeness (QED) is 0.841. The smallest absolute Gasteiger partial charge is 0.247 e. The third-order valence-corrected chi connectivity index (χ3v) is 3.41. The summed E-state index contributed by atoms with van der Waals surface area (Å²) in [5.41, 5.74) is 0.581. The van der Waals surface area contributed by atoms with E-state index >= 15 is 0 Å². The maximum atomic E-state index is 12.2. The predicted octanol–water partition coefficient (Wildman–Crippen LogP) is 3.09. The molecule has 0 fully saturated rings. The van der Waals surface area contributed by atoms with Crippen LogP contribution in [0.5, 0.6) is 11.5 Å². The first-order valence-electron chi connectivity index (χ1n) is 6.86. The zero-order valence-corrected chi connectivity index (χ0v) is 14.0. The van der Waals surface area contributed by atoms with Gasteiger partial charge in [0.1, 0.15) is 23.3 Å². The van der Waals surface area contributed by atoms with Gasteiger partial charge in [0.2, 0.25) is 5.91 Å². The zero-order valence-electron chi connectivity index (χ0n) is 13.3. The molecule has 1 amide bonds. The van der Waals surface area contributed by atoms with Gasteiger partial charge >= 0.3 is 0 Å². The number of rotatable bonds is 6. The number of nitrogens with zero attached hydrogens (tertiary/aromatic N) is 1. The van der Waals surface area contributed by atoms with E-state index in [0.29, 0.717) is 33.8 Å². The lowest BCUT2D eigenvalue weighted by atomic mass is 10.2. The monoisotopic (exact) mass is 339 g/mol. The maximum absolute atomic E-state index is 12.2. The van der Waals surface area contributed by atoms with Crippen LogP contribution >= 0.6 is 11.6 Å². The molecule has 2 rings (SSSR count). The molecule has 2 aromatic rings. The molecular weight excluding hydrogens is 322 g/mol. The van der Waals surface area contributed by atoms with Crippen LogP contribution in [0.25, 0.3) is 0 Å². The molecule has 8 heteroatoms. The van der Waals surface area contributed by atoms with Crippen molar-refractivity contribution >= 4 is 29.0 Å². The molecular formula is C15H18ClN3O4. The van der Waals surface area contributed by atoms with Gasteiger partial charge in [0.15, 0.2) is 5.82 Å². The molecule has 0 radical (unpaired) electrons. The summed E-state index contributed by atoms with van der Waals surface area (Å²) < 4.78 is 15.3. The molecule has 1 aromatic carbocycles. The number of amides is 1. The van der Waals surface area contributed by atoms with E-state index in [1.807, 2.05) is 0 Å². The van der Waals surface area contributed by atoms with E-state index in [0.717, 1.165) is 0 Å². The van der Waals surface area contributed by atoms with Crippen molar-refractivity contribution in [2.75, 3.05) is 24.9 Å². The van der Waals surface area contributed by atoms with Crippen molar-refractivity contribution in [1.29, 1.82) is 0 Å². The van der Waals surface area contributed by atoms with Crippen LogP contribution in [0.15, 0.2) is 22.7 Å². The van der Waals surface area contributed by atoms with E-state index < -0.39 is 6.04 Å². The first-order valence-corrected chi connectivity index (χ1v) is 7.24. The summed E-state index contributed by atoms with van der Waals surface area (Å²) in [4.78, 5) is 12.2. The summed E-state index contributed by atoms with van der Waals surface area (Å²) in [6.45, 7) is 3.45. The van der Waals surface area contributed by atoms with Crippen LogP contribution in [0.2, 0.25) is 5.02 Å². The Kier molecular flexibility index (Phi) is 5.33. The van der Waals surface area contributed by atoms with Crippen molar-refractivity contribution in [2.45, 2.75) is 19.9 Å². The van der Waals surface area contributed by atoms with Crippen molar-refractivity contribution in [3.8, 4) is 11.5 Å². The first-order chi connectivity index (χ1) is 10.9. The second kappa shape index (κ2) is 7.23. The fourth-order valence-corrected chi connectivity index (χ4v) is 2.17. The van der Waals surface area contributed by atoms with Crippen molar-refractivity contribution in [1.82, 2.24) is 5.16 Å². The predicted molar refractivity (Wildman–Crippen MR) is 87.5 cm³/mol. The topological polar surface area (TPSA) is 85.6 Å². The number of carbonyl (C=O) groups is 1. The van der Waals surface area contributed by atoms with Gasteiger partial charge in [-0.05, 0) is 19.9 Å². The van der Waals surface area contributed by atoms with Crippen molar-refractivity contribution in [2.24, 2.45) is 0 Å². The Morgan fingerprint density at radius 1 is 1.26 bits per heavy atom. The third-order valence-electron chi connectivity index (χ3n) is 3.12.